The fraction of sp³-hybridized carbons (Fsp3) is 0.333. The van der Waals surface area contributed by atoms with Gasteiger partial charge in [0.1, 0.15) is 5.75 Å². The Morgan fingerprint density at radius 3 is 2.79 bits per heavy atom. The van der Waals surface area contributed by atoms with Crippen LogP contribution in [0.2, 0.25) is 0 Å². The molecule has 7 heteroatoms. The summed E-state index contributed by atoms with van der Waals surface area (Å²) in [6, 6.07) is 4.55. The molecule has 0 aromatic heterocycles. The lowest BCUT2D eigenvalue weighted by atomic mass is 10.3. The molecule has 3 amide bonds. The van der Waals surface area contributed by atoms with Crippen molar-refractivity contribution in [1.29, 1.82) is 0 Å². The number of rotatable bonds is 4. The monoisotopic (exact) mass is 329 g/mol. The summed E-state index contributed by atoms with van der Waals surface area (Å²) in [7, 11) is 0. The van der Waals surface area contributed by atoms with Crippen LogP contribution in [0.1, 0.15) is 13.8 Å². The second kappa shape index (κ2) is 6.98. The van der Waals surface area contributed by atoms with Crippen LogP contribution in [0.3, 0.4) is 0 Å². The normalized spacial score (nSPS) is 11.5. The first kappa shape index (κ1) is 15.3. The number of ether oxygens (including phenoxy) is 1. The number of urea groups is 1. The molecule has 0 saturated heterocycles. The minimum atomic E-state index is -0.819. The quantitative estimate of drug-likeness (QED) is 0.732. The second-order valence-electron chi connectivity index (χ2n) is 3.77. The van der Waals surface area contributed by atoms with E-state index in [4.69, 9.17) is 10.5 Å². The van der Waals surface area contributed by atoms with Crippen LogP contribution in [-0.2, 0) is 4.79 Å². The molecule has 4 N–H and O–H groups in total. The number of amides is 3. The van der Waals surface area contributed by atoms with Gasteiger partial charge in [-0.3, -0.25) is 10.1 Å². The number of nitrogen functional groups attached to an aromatic ring is 1. The van der Waals surface area contributed by atoms with E-state index in [0.29, 0.717) is 22.5 Å². The largest absolute Gasteiger partial charge is 0.480 e. The molecule has 19 heavy (non-hydrogen) atoms. The Morgan fingerprint density at radius 2 is 2.16 bits per heavy atom. The summed E-state index contributed by atoms with van der Waals surface area (Å²) in [5, 5.41) is 4.63. The van der Waals surface area contributed by atoms with Gasteiger partial charge in [-0.15, -0.1) is 0 Å². The molecule has 0 radical (unpaired) electrons. The van der Waals surface area contributed by atoms with Crippen LogP contribution < -0.4 is 21.1 Å². The summed E-state index contributed by atoms with van der Waals surface area (Å²) in [5.41, 5.74) is 6.21. The highest BCUT2D eigenvalue weighted by atomic mass is 79.9. The Balaban J connectivity index is 2.64. The Kier molecular flexibility index (Phi) is 5.62. The van der Waals surface area contributed by atoms with E-state index in [1.54, 1.807) is 32.0 Å². The third-order valence-electron chi connectivity index (χ3n) is 2.24. The molecule has 0 spiro atoms. The Labute approximate surface area is 119 Å². The minimum Gasteiger partial charge on any atom is -0.480 e. The zero-order chi connectivity index (χ0) is 14.4. The minimum absolute atomic E-state index is 0.440. The summed E-state index contributed by atoms with van der Waals surface area (Å²) >= 11 is 3.27. The number of hydrogen-bond acceptors (Lipinski definition) is 4. The lowest BCUT2D eigenvalue weighted by Crippen LogP contribution is -2.45. The van der Waals surface area contributed by atoms with Gasteiger partial charge in [0.05, 0.1) is 4.47 Å². The van der Waals surface area contributed by atoms with Gasteiger partial charge in [0.15, 0.2) is 6.10 Å². The van der Waals surface area contributed by atoms with Crippen LogP contribution in [-0.4, -0.2) is 24.6 Å². The molecule has 0 aliphatic carbocycles. The molecule has 1 atom stereocenters. The Hall–Kier alpha value is -1.76. The maximum Gasteiger partial charge on any atom is 0.321 e. The average Bonchev–Trinajstić information content (AvgIpc) is 2.35. The zero-order valence-corrected chi connectivity index (χ0v) is 12.3. The molecule has 104 valence electrons. The van der Waals surface area contributed by atoms with Crippen LogP contribution in [0.4, 0.5) is 10.5 Å². The van der Waals surface area contributed by atoms with Gasteiger partial charge in [-0.25, -0.2) is 4.79 Å². The van der Waals surface area contributed by atoms with E-state index < -0.39 is 18.0 Å². The van der Waals surface area contributed by atoms with Crippen LogP contribution in [0.5, 0.6) is 5.75 Å². The van der Waals surface area contributed by atoms with E-state index in [1.807, 2.05) is 0 Å². The average molecular weight is 330 g/mol. The maximum absolute atomic E-state index is 11.7. The fourth-order valence-electron chi connectivity index (χ4n) is 1.28. The first-order valence-corrected chi connectivity index (χ1v) is 6.54. The summed E-state index contributed by atoms with van der Waals surface area (Å²) in [4.78, 5) is 22.9. The van der Waals surface area contributed by atoms with Gasteiger partial charge in [0.25, 0.3) is 5.91 Å². The molecule has 1 aromatic rings. The predicted octanol–water partition coefficient (Wildman–Crippen LogP) is 1.64. The van der Waals surface area contributed by atoms with E-state index in [9.17, 15) is 9.59 Å². The Morgan fingerprint density at radius 1 is 1.47 bits per heavy atom. The molecule has 0 aliphatic heterocycles. The summed E-state index contributed by atoms with van der Waals surface area (Å²) in [5.74, 6) is -0.0844. The van der Waals surface area contributed by atoms with Crippen molar-refractivity contribution in [3.05, 3.63) is 22.7 Å². The fourth-order valence-corrected chi connectivity index (χ4v) is 1.64. The molecule has 0 fully saturated rings. The molecule has 1 rings (SSSR count). The number of benzene rings is 1. The van der Waals surface area contributed by atoms with Crippen molar-refractivity contribution in [2.75, 3.05) is 12.3 Å². The van der Waals surface area contributed by atoms with Crippen molar-refractivity contribution in [3.8, 4) is 5.75 Å². The van der Waals surface area contributed by atoms with Crippen molar-refractivity contribution in [1.82, 2.24) is 10.6 Å². The van der Waals surface area contributed by atoms with Crippen LogP contribution in [0.25, 0.3) is 0 Å². The zero-order valence-electron chi connectivity index (χ0n) is 10.7. The SMILES string of the molecule is CCNC(=O)NC(=O)C(C)Oc1cccc(N)c1Br. The van der Waals surface area contributed by atoms with E-state index in [2.05, 4.69) is 26.6 Å². The third-order valence-corrected chi connectivity index (χ3v) is 3.09. The van der Waals surface area contributed by atoms with E-state index in [1.165, 1.54) is 0 Å². The van der Waals surface area contributed by atoms with Crippen LogP contribution in [0.15, 0.2) is 22.7 Å². The number of imide groups is 1. The maximum atomic E-state index is 11.7. The number of carbonyl (C=O) groups excluding carboxylic acids is 2. The number of nitrogens with one attached hydrogen (secondary N) is 2. The number of hydrogen-bond donors (Lipinski definition) is 3. The number of anilines is 1. The molecule has 1 aromatic carbocycles. The van der Waals surface area contributed by atoms with Gasteiger partial charge in [-0.2, -0.15) is 0 Å². The molecule has 0 heterocycles. The molecule has 1 unspecified atom stereocenters. The number of halogens is 1. The summed E-state index contributed by atoms with van der Waals surface area (Å²) < 4.78 is 6.02. The highest BCUT2D eigenvalue weighted by Crippen LogP contribution is 2.30. The van der Waals surface area contributed by atoms with Crippen molar-refractivity contribution < 1.29 is 14.3 Å². The van der Waals surface area contributed by atoms with Gasteiger partial charge in [-0.05, 0) is 41.9 Å². The molecule has 0 bridgehead atoms. The lowest BCUT2D eigenvalue weighted by Gasteiger charge is -2.15. The number of carbonyl (C=O) groups is 2. The molecule has 0 saturated carbocycles. The van der Waals surface area contributed by atoms with Gasteiger partial charge >= 0.3 is 6.03 Å². The summed E-state index contributed by atoms with van der Waals surface area (Å²) in [6.45, 7) is 3.74. The molecular weight excluding hydrogens is 314 g/mol. The van der Waals surface area contributed by atoms with Crippen LogP contribution >= 0.6 is 15.9 Å². The second-order valence-corrected chi connectivity index (χ2v) is 4.56. The summed E-state index contributed by atoms with van der Waals surface area (Å²) in [6.07, 6.45) is -0.819. The molecular formula is C12H16BrN3O3. The van der Waals surface area contributed by atoms with Crippen molar-refractivity contribution >= 4 is 33.6 Å². The topological polar surface area (TPSA) is 93.5 Å². The predicted molar refractivity (Wildman–Crippen MR) is 75.9 cm³/mol. The Bertz CT molecular complexity index is 479. The van der Waals surface area contributed by atoms with E-state index in [0.717, 1.165) is 0 Å². The first-order valence-electron chi connectivity index (χ1n) is 5.75. The highest BCUT2D eigenvalue weighted by Gasteiger charge is 2.18. The van der Waals surface area contributed by atoms with Gasteiger partial charge in [0.2, 0.25) is 0 Å². The smallest absolute Gasteiger partial charge is 0.321 e. The van der Waals surface area contributed by atoms with Gasteiger partial charge in [0, 0.05) is 12.2 Å². The van der Waals surface area contributed by atoms with Gasteiger partial charge < -0.3 is 15.8 Å². The van der Waals surface area contributed by atoms with Crippen LogP contribution in [0, 0.1) is 0 Å². The van der Waals surface area contributed by atoms with Crippen molar-refractivity contribution in [2.24, 2.45) is 0 Å². The van der Waals surface area contributed by atoms with Crippen molar-refractivity contribution in [2.45, 2.75) is 20.0 Å². The van der Waals surface area contributed by atoms with E-state index in [-0.39, 0.29) is 0 Å². The lowest BCUT2D eigenvalue weighted by molar-refractivity contribution is -0.126. The third kappa shape index (κ3) is 4.44. The molecule has 0 aliphatic rings. The number of nitrogens with two attached hydrogens (primary N) is 1. The highest BCUT2D eigenvalue weighted by molar-refractivity contribution is 9.10. The van der Waals surface area contributed by atoms with Gasteiger partial charge in [-0.1, -0.05) is 6.07 Å². The standard InChI is InChI=1S/C12H16BrN3O3/c1-3-15-12(18)16-11(17)7(2)19-9-6-4-5-8(14)10(9)13/h4-7H,3,14H2,1-2H3,(H2,15,16,17,18). The van der Waals surface area contributed by atoms with Crippen molar-refractivity contribution in [3.63, 3.8) is 0 Å². The molecule has 6 nitrogen and oxygen atoms in total. The first-order chi connectivity index (χ1) is 8.95. The van der Waals surface area contributed by atoms with E-state index >= 15 is 0 Å².